The lowest BCUT2D eigenvalue weighted by Gasteiger charge is -2.34. The Morgan fingerprint density at radius 3 is 2.35 bits per heavy atom. The highest BCUT2D eigenvalue weighted by atomic mass is 16.5. The van der Waals surface area contributed by atoms with E-state index in [1.807, 2.05) is 53.8 Å². The first-order chi connectivity index (χ1) is 21.2. The number of nitrogens with zero attached hydrogens (tertiary/aromatic N) is 6. The maximum absolute atomic E-state index is 13.2. The van der Waals surface area contributed by atoms with Crippen LogP contribution in [0.25, 0.3) is 10.8 Å². The van der Waals surface area contributed by atoms with Crippen molar-refractivity contribution in [2.45, 2.75) is 63.8 Å². The largest absolute Gasteiger partial charge is 0.493 e. The van der Waals surface area contributed by atoms with Crippen molar-refractivity contribution in [2.75, 3.05) is 57.9 Å². The number of carbonyl (C=O) groups excluding carboxylic acids is 1. The monoisotopic (exact) mass is 584 g/mol. The Balaban J connectivity index is 0.888. The molecule has 0 spiro atoms. The predicted octanol–water partition coefficient (Wildman–Crippen LogP) is 5.89. The van der Waals surface area contributed by atoms with Crippen LogP contribution in [0.1, 0.15) is 68.1 Å². The third-order valence-corrected chi connectivity index (χ3v) is 9.00. The Morgan fingerprint density at radius 2 is 1.56 bits per heavy atom. The number of hydrogen-bond donors (Lipinski definition) is 0. The molecule has 9 nitrogen and oxygen atoms in total. The van der Waals surface area contributed by atoms with Crippen molar-refractivity contribution < 1.29 is 14.3 Å². The molecule has 0 radical (unpaired) electrons. The standard InChI is InChI=1S/C34H44N6O3/c1-42-31-23-26-21-29-30(37-25-28-11-9-15-40(28)33(29)41)22-27(26)24-32(31)43-20-8-6-4-2-3-5-7-14-38-16-18-39(19-17-38)34-35-12-10-13-36-34/h10,12-13,21-25,28H,2-9,11,14-20H2,1H3/t28-/m0/s1. The van der Waals surface area contributed by atoms with Crippen molar-refractivity contribution in [1.82, 2.24) is 19.8 Å². The van der Waals surface area contributed by atoms with Crippen LogP contribution in [-0.4, -0.2) is 90.9 Å². The smallest absolute Gasteiger partial charge is 0.256 e. The molecule has 43 heavy (non-hydrogen) atoms. The molecule has 4 heterocycles. The van der Waals surface area contributed by atoms with E-state index in [1.54, 1.807) is 7.11 Å². The number of carbonyl (C=O) groups is 1. The zero-order valence-corrected chi connectivity index (χ0v) is 25.4. The first kappa shape index (κ1) is 29.4. The second kappa shape index (κ2) is 14.2. The first-order valence-electron chi connectivity index (χ1n) is 16.1. The summed E-state index contributed by atoms with van der Waals surface area (Å²) in [6.45, 7) is 6.86. The summed E-state index contributed by atoms with van der Waals surface area (Å²) >= 11 is 0. The van der Waals surface area contributed by atoms with Gasteiger partial charge in [0.25, 0.3) is 5.91 Å². The average Bonchev–Trinajstić information content (AvgIpc) is 3.48. The van der Waals surface area contributed by atoms with E-state index in [2.05, 4.69) is 19.8 Å². The Morgan fingerprint density at radius 1 is 0.837 bits per heavy atom. The molecule has 9 heteroatoms. The number of ether oxygens (including phenoxy) is 2. The first-order valence-corrected chi connectivity index (χ1v) is 16.1. The van der Waals surface area contributed by atoms with Crippen LogP contribution in [0.2, 0.25) is 0 Å². The summed E-state index contributed by atoms with van der Waals surface area (Å²) < 4.78 is 11.8. The van der Waals surface area contributed by atoms with Crippen molar-refractivity contribution in [1.29, 1.82) is 0 Å². The molecule has 2 saturated heterocycles. The van der Waals surface area contributed by atoms with E-state index in [0.29, 0.717) is 17.9 Å². The van der Waals surface area contributed by atoms with Gasteiger partial charge in [0, 0.05) is 51.3 Å². The van der Waals surface area contributed by atoms with E-state index >= 15 is 0 Å². The summed E-state index contributed by atoms with van der Waals surface area (Å²) in [7, 11) is 1.67. The van der Waals surface area contributed by atoms with Gasteiger partial charge in [-0.15, -0.1) is 0 Å². The number of benzene rings is 2. The Bertz CT molecular complexity index is 1410. The van der Waals surface area contributed by atoms with Gasteiger partial charge in [-0.25, -0.2) is 9.97 Å². The molecule has 2 fully saturated rings. The van der Waals surface area contributed by atoms with Gasteiger partial charge in [-0.3, -0.25) is 14.7 Å². The van der Waals surface area contributed by atoms with Crippen molar-refractivity contribution in [3.8, 4) is 11.5 Å². The van der Waals surface area contributed by atoms with E-state index in [9.17, 15) is 4.79 Å². The van der Waals surface area contributed by atoms with Gasteiger partial charge in [0.15, 0.2) is 11.5 Å². The molecule has 1 aromatic heterocycles. The minimum atomic E-state index is 0.0738. The van der Waals surface area contributed by atoms with E-state index < -0.39 is 0 Å². The predicted molar refractivity (Wildman–Crippen MR) is 171 cm³/mol. The maximum Gasteiger partial charge on any atom is 0.256 e. The molecule has 0 aliphatic carbocycles. The number of amides is 1. The zero-order chi connectivity index (χ0) is 29.4. The number of methoxy groups -OCH3 is 1. The van der Waals surface area contributed by atoms with Crippen molar-refractivity contribution in [2.24, 2.45) is 4.99 Å². The highest BCUT2D eigenvalue weighted by molar-refractivity contribution is 6.07. The SMILES string of the molecule is COc1cc2cc3c(cc2cc1OCCCCCCCCCN1CCN(c2ncccn2)CC1)N=C[C@@H]1CCCN1C3=O. The summed E-state index contributed by atoms with van der Waals surface area (Å²) in [5, 5.41) is 1.97. The summed E-state index contributed by atoms with van der Waals surface area (Å²) in [6, 6.07) is 9.94. The topological polar surface area (TPSA) is 83.4 Å². The van der Waals surface area contributed by atoms with Crippen molar-refractivity contribution in [3.63, 3.8) is 0 Å². The van der Waals surface area contributed by atoms with Gasteiger partial charge in [0.05, 0.1) is 31.0 Å². The third-order valence-electron chi connectivity index (χ3n) is 9.00. The summed E-state index contributed by atoms with van der Waals surface area (Å²) in [4.78, 5) is 33.4. The van der Waals surface area contributed by atoms with Crippen LogP contribution in [0.3, 0.4) is 0 Å². The van der Waals surface area contributed by atoms with Crippen LogP contribution in [0.5, 0.6) is 11.5 Å². The summed E-state index contributed by atoms with van der Waals surface area (Å²) in [6.07, 6.45) is 16.2. The van der Waals surface area contributed by atoms with Gasteiger partial charge in [-0.05, 0) is 73.3 Å². The second-order valence-electron chi connectivity index (χ2n) is 11.9. The average molecular weight is 585 g/mol. The van der Waals surface area contributed by atoms with E-state index in [1.165, 1.54) is 45.1 Å². The molecule has 0 unspecified atom stereocenters. The van der Waals surface area contributed by atoms with Gasteiger partial charge in [0.1, 0.15) is 0 Å². The van der Waals surface area contributed by atoms with Crippen LogP contribution in [0.15, 0.2) is 47.7 Å². The Hall–Kier alpha value is -3.72. The van der Waals surface area contributed by atoms with Gasteiger partial charge in [-0.2, -0.15) is 0 Å². The number of hydrogen-bond acceptors (Lipinski definition) is 8. The summed E-state index contributed by atoms with van der Waals surface area (Å²) in [5.41, 5.74) is 1.41. The minimum absolute atomic E-state index is 0.0738. The Labute approximate surface area is 254 Å². The molecule has 1 amide bonds. The molecular formula is C34H44N6O3. The molecule has 6 rings (SSSR count). The molecule has 2 aromatic carbocycles. The lowest BCUT2D eigenvalue weighted by Crippen LogP contribution is -2.47. The normalized spacial score (nSPS) is 18.5. The lowest BCUT2D eigenvalue weighted by atomic mass is 10.0. The van der Waals surface area contributed by atoms with Crippen LogP contribution in [-0.2, 0) is 0 Å². The van der Waals surface area contributed by atoms with Crippen LogP contribution in [0.4, 0.5) is 11.6 Å². The number of rotatable bonds is 13. The van der Waals surface area contributed by atoms with E-state index in [0.717, 1.165) is 80.1 Å². The second-order valence-corrected chi connectivity index (χ2v) is 11.9. The molecule has 3 aliphatic rings. The van der Waals surface area contributed by atoms with Crippen LogP contribution < -0.4 is 14.4 Å². The van der Waals surface area contributed by atoms with Gasteiger partial charge in [0.2, 0.25) is 5.95 Å². The van der Waals surface area contributed by atoms with Crippen molar-refractivity contribution >= 4 is 34.5 Å². The molecule has 3 aromatic rings. The number of aliphatic imine (C=N–C) groups is 1. The molecule has 0 bridgehead atoms. The van der Waals surface area contributed by atoms with Crippen LogP contribution >= 0.6 is 0 Å². The van der Waals surface area contributed by atoms with Crippen LogP contribution in [0, 0.1) is 0 Å². The molecule has 0 N–H and O–H groups in total. The molecular weight excluding hydrogens is 540 g/mol. The number of piperazine rings is 1. The fraction of sp³-hybridized carbons (Fsp3) is 0.529. The minimum Gasteiger partial charge on any atom is -0.493 e. The van der Waals surface area contributed by atoms with Gasteiger partial charge in [-0.1, -0.05) is 32.1 Å². The molecule has 1 atom stereocenters. The van der Waals surface area contributed by atoms with E-state index in [-0.39, 0.29) is 11.9 Å². The van der Waals surface area contributed by atoms with Crippen molar-refractivity contribution in [3.05, 3.63) is 48.3 Å². The van der Waals surface area contributed by atoms with E-state index in [4.69, 9.17) is 14.5 Å². The zero-order valence-electron chi connectivity index (χ0n) is 25.4. The fourth-order valence-electron chi connectivity index (χ4n) is 6.50. The van der Waals surface area contributed by atoms with Gasteiger partial charge < -0.3 is 19.3 Å². The fourth-order valence-corrected chi connectivity index (χ4v) is 6.50. The number of aromatic nitrogens is 2. The highest BCUT2D eigenvalue weighted by Crippen LogP contribution is 2.37. The Kier molecular flexibility index (Phi) is 9.67. The highest BCUT2D eigenvalue weighted by Gasteiger charge is 2.32. The molecule has 0 saturated carbocycles. The lowest BCUT2D eigenvalue weighted by molar-refractivity contribution is 0.0775. The quantitative estimate of drug-likeness (QED) is 0.232. The maximum atomic E-state index is 13.2. The third kappa shape index (κ3) is 7.09. The summed E-state index contributed by atoms with van der Waals surface area (Å²) in [5.74, 6) is 2.37. The number of fused-ring (bicyclic) bond motifs is 3. The van der Waals surface area contributed by atoms with Gasteiger partial charge >= 0.3 is 0 Å². The molecule has 228 valence electrons. The number of anilines is 1. The number of unbranched alkanes of at least 4 members (excludes halogenated alkanes) is 6. The molecule has 3 aliphatic heterocycles.